The first kappa shape index (κ1) is 15.6. The molecule has 0 aromatic heterocycles. The van der Waals surface area contributed by atoms with E-state index in [4.69, 9.17) is 0 Å². The van der Waals surface area contributed by atoms with Gasteiger partial charge in [-0.05, 0) is 18.4 Å². The van der Waals surface area contributed by atoms with Gasteiger partial charge in [-0.15, -0.1) is 0 Å². The predicted molar refractivity (Wildman–Crippen MR) is 77.7 cm³/mol. The van der Waals surface area contributed by atoms with Crippen molar-refractivity contribution in [1.82, 2.24) is 5.32 Å². The number of benzene rings is 1. The van der Waals surface area contributed by atoms with E-state index in [1.54, 1.807) is 13.0 Å². The lowest BCUT2D eigenvalue weighted by molar-refractivity contribution is -0.385. The lowest BCUT2D eigenvalue weighted by Gasteiger charge is -2.22. The SMILES string of the molecule is Cc1c(C(=O)NCC(C)(C)CBr)cccc1[N+](=O)[O-]. The van der Waals surface area contributed by atoms with Gasteiger partial charge in [0.05, 0.1) is 4.92 Å². The van der Waals surface area contributed by atoms with Crippen molar-refractivity contribution in [2.75, 3.05) is 11.9 Å². The quantitative estimate of drug-likeness (QED) is 0.513. The second kappa shape index (κ2) is 6.14. The molecule has 5 nitrogen and oxygen atoms in total. The van der Waals surface area contributed by atoms with Crippen LogP contribution in [-0.4, -0.2) is 22.7 Å². The molecule has 0 bridgehead atoms. The molecule has 0 heterocycles. The zero-order valence-electron chi connectivity index (χ0n) is 11.2. The van der Waals surface area contributed by atoms with Crippen LogP contribution in [0.5, 0.6) is 0 Å². The zero-order chi connectivity index (χ0) is 14.6. The summed E-state index contributed by atoms with van der Waals surface area (Å²) in [5, 5.41) is 14.4. The monoisotopic (exact) mass is 328 g/mol. The minimum Gasteiger partial charge on any atom is -0.351 e. The number of nitrogens with zero attached hydrogens (tertiary/aromatic N) is 1. The van der Waals surface area contributed by atoms with E-state index in [0.717, 1.165) is 5.33 Å². The highest BCUT2D eigenvalue weighted by atomic mass is 79.9. The molecule has 1 aromatic rings. The molecule has 0 fully saturated rings. The van der Waals surface area contributed by atoms with Gasteiger partial charge in [0.2, 0.25) is 0 Å². The van der Waals surface area contributed by atoms with Crippen LogP contribution in [0.1, 0.15) is 29.8 Å². The molecule has 0 aliphatic rings. The minimum atomic E-state index is -0.478. The van der Waals surface area contributed by atoms with E-state index in [2.05, 4.69) is 21.2 Å². The summed E-state index contributed by atoms with van der Waals surface area (Å²) in [5.41, 5.74) is 0.637. The smallest absolute Gasteiger partial charge is 0.273 e. The van der Waals surface area contributed by atoms with Crippen LogP contribution in [0.4, 0.5) is 5.69 Å². The van der Waals surface area contributed by atoms with E-state index in [-0.39, 0.29) is 17.0 Å². The molecule has 1 N–H and O–H groups in total. The van der Waals surface area contributed by atoms with E-state index in [1.807, 2.05) is 13.8 Å². The van der Waals surface area contributed by atoms with Gasteiger partial charge in [0.1, 0.15) is 0 Å². The first-order chi connectivity index (χ1) is 8.78. The van der Waals surface area contributed by atoms with E-state index in [9.17, 15) is 14.9 Å². The van der Waals surface area contributed by atoms with Crippen molar-refractivity contribution in [2.45, 2.75) is 20.8 Å². The number of nitrogens with one attached hydrogen (secondary N) is 1. The molecule has 0 unspecified atom stereocenters. The van der Waals surface area contributed by atoms with Gasteiger partial charge in [-0.2, -0.15) is 0 Å². The molecule has 1 rings (SSSR count). The van der Waals surface area contributed by atoms with Crippen LogP contribution in [0.25, 0.3) is 0 Å². The maximum atomic E-state index is 12.1. The number of carbonyl (C=O) groups is 1. The highest BCUT2D eigenvalue weighted by Gasteiger charge is 2.21. The molecule has 0 radical (unpaired) electrons. The lowest BCUT2D eigenvalue weighted by Crippen LogP contribution is -2.35. The van der Waals surface area contributed by atoms with Gasteiger partial charge in [-0.1, -0.05) is 35.8 Å². The predicted octanol–water partition coefficient (Wildman–Crippen LogP) is 3.05. The van der Waals surface area contributed by atoms with E-state index >= 15 is 0 Å². The average molecular weight is 329 g/mol. The molecule has 0 spiro atoms. The van der Waals surface area contributed by atoms with Crippen LogP contribution in [0, 0.1) is 22.5 Å². The number of halogens is 1. The minimum absolute atomic E-state index is 0.0348. The summed E-state index contributed by atoms with van der Waals surface area (Å²) in [6.45, 7) is 6.12. The second-order valence-electron chi connectivity index (χ2n) is 5.19. The highest BCUT2D eigenvalue weighted by molar-refractivity contribution is 9.09. The van der Waals surface area contributed by atoms with Crippen molar-refractivity contribution in [3.63, 3.8) is 0 Å². The molecule has 0 aliphatic heterocycles. The van der Waals surface area contributed by atoms with Crippen LogP contribution in [0.2, 0.25) is 0 Å². The van der Waals surface area contributed by atoms with Crippen LogP contribution in [0.3, 0.4) is 0 Å². The van der Waals surface area contributed by atoms with Crippen LogP contribution in [0.15, 0.2) is 18.2 Å². The van der Waals surface area contributed by atoms with Gasteiger partial charge in [0.25, 0.3) is 11.6 Å². The summed E-state index contributed by atoms with van der Waals surface area (Å²) in [5.74, 6) is -0.282. The first-order valence-corrected chi connectivity index (χ1v) is 6.99. The Bertz CT molecular complexity index is 501. The number of carbonyl (C=O) groups excluding carboxylic acids is 1. The van der Waals surface area contributed by atoms with Crippen molar-refractivity contribution >= 4 is 27.5 Å². The van der Waals surface area contributed by atoms with Gasteiger partial charge in [-0.3, -0.25) is 14.9 Å². The Hall–Kier alpha value is -1.43. The largest absolute Gasteiger partial charge is 0.351 e. The highest BCUT2D eigenvalue weighted by Crippen LogP contribution is 2.21. The van der Waals surface area contributed by atoms with Crippen LogP contribution < -0.4 is 5.32 Å². The Morgan fingerprint density at radius 1 is 1.47 bits per heavy atom. The Balaban J connectivity index is 2.89. The van der Waals surface area contributed by atoms with Gasteiger partial charge < -0.3 is 5.32 Å². The lowest BCUT2D eigenvalue weighted by atomic mass is 9.96. The summed E-state index contributed by atoms with van der Waals surface area (Å²) in [4.78, 5) is 22.4. The second-order valence-corrected chi connectivity index (χ2v) is 5.75. The fraction of sp³-hybridized carbons (Fsp3) is 0.462. The number of nitro benzene ring substituents is 1. The molecule has 0 saturated carbocycles. The van der Waals surface area contributed by atoms with E-state index in [0.29, 0.717) is 17.7 Å². The van der Waals surface area contributed by atoms with Gasteiger partial charge >= 0.3 is 0 Å². The van der Waals surface area contributed by atoms with Crippen LogP contribution >= 0.6 is 15.9 Å². The van der Waals surface area contributed by atoms with Crippen LogP contribution in [-0.2, 0) is 0 Å². The zero-order valence-corrected chi connectivity index (χ0v) is 12.8. The van der Waals surface area contributed by atoms with Gasteiger partial charge in [0, 0.05) is 29.1 Å². The van der Waals surface area contributed by atoms with Crippen molar-refractivity contribution in [3.8, 4) is 0 Å². The topological polar surface area (TPSA) is 72.2 Å². The van der Waals surface area contributed by atoms with E-state index < -0.39 is 4.92 Å². The molecule has 0 atom stereocenters. The number of hydrogen-bond acceptors (Lipinski definition) is 3. The molecular weight excluding hydrogens is 312 g/mol. The Morgan fingerprint density at radius 2 is 2.11 bits per heavy atom. The number of alkyl halides is 1. The van der Waals surface area contributed by atoms with Gasteiger partial charge in [-0.25, -0.2) is 0 Å². The fourth-order valence-electron chi connectivity index (χ4n) is 1.53. The summed E-state index contributed by atoms with van der Waals surface area (Å²) in [6, 6.07) is 4.52. The third-order valence-electron chi connectivity index (χ3n) is 2.84. The van der Waals surface area contributed by atoms with Crippen molar-refractivity contribution in [3.05, 3.63) is 39.4 Å². The molecule has 0 saturated heterocycles. The van der Waals surface area contributed by atoms with Gasteiger partial charge in [0.15, 0.2) is 0 Å². The van der Waals surface area contributed by atoms with Crippen molar-refractivity contribution < 1.29 is 9.72 Å². The summed E-state index contributed by atoms with van der Waals surface area (Å²) in [6.07, 6.45) is 0. The Labute approximate surface area is 120 Å². The third kappa shape index (κ3) is 4.02. The normalized spacial score (nSPS) is 11.2. The molecule has 19 heavy (non-hydrogen) atoms. The van der Waals surface area contributed by atoms with Crippen molar-refractivity contribution in [2.24, 2.45) is 5.41 Å². The standard InChI is InChI=1S/C13H17BrN2O3/c1-9-10(5-4-6-11(9)16(18)19)12(17)15-8-13(2,3)7-14/h4-6H,7-8H2,1-3H3,(H,15,17). The molecular formula is C13H17BrN2O3. The Morgan fingerprint density at radius 3 is 2.63 bits per heavy atom. The number of amides is 1. The molecule has 104 valence electrons. The molecule has 1 amide bonds. The molecule has 0 aliphatic carbocycles. The van der Waals surface area contributed by atoms with Crippen molar-refractivity contribution in [1.29, 1.82) is 0 Å². The number of hydrogen-bond donors (Lipinski definition) is 1. The molecule has 1 aromatic carbocycles. The van der Waals surface area contributed by atoms with E-state index in [1.165, 1.54) is 12.1 Å². The number of rotatable bonds is 5. The molecule has 6 heteroatoms. The number of nitro groups is 1. The maximum absolute atomic E-state index is 12.1. The first-order valence-electron chi connectivity index (χ1n) is 5.86. The fourth-order valence-corrected chi connectivity index (χ4v) is 1.73. The maximum Gasteiger partial charge on any atom is 0.273 e. The summed E-state index contributed by atoms with van der Waals surface area (Å²) in [7, 11) is 0. The average Bonchev–Trinajstić information content (AvgIpc) is 2.36. The third-order valence-corrected chi connectivity index (χ3v) is 4.35. The Kier molecular flexibility index (Phi) is 5.05. The summed E-state index contributed by atoms with van der Waals surface area (Å²) >= 11 is 3.38. The summed E-state index contributed by atoms with van der Waals surface area (Å²) < 4.78 is 0.